The molecule has 0 N–H and O–H groups in total. The van der Waals surface area contributed by atoms with Crippen LogP contribution in [0.2, 0.25) is 5.02 Å². The molecule has 0 aliphatic heterocycles. The zero-order valence-corrected chi connectivity index (χ0v) is 15.2. The molecule has 122 valence electrons. The van der Waals surface area contributed by atoms with Gasteiger partial charge in [-0.25, -0.2) is 4.79 Å². The largest absolute Gasteiger partial charge is 0.482 e. The van der Waals surface area contributed by atoms with Crippen molar-refractivity contribution < 1.29 is 14.3 Å². The van der Waals surface area contributed by atoms with Crippen molar-refractivity contribution in [2.24, 2.45) is 0 Å². The fourth-order valence-corrected chi connectivity index (χ4v) is 2.99. The molecule has 0 aromatic heterocycles. The summed E-state index contributed by atoms with van der Waals surface area (Å²) < 4.78 is 11.6. The van der Waals surface area contributed by atoms with E-state index in [2.05, 4.69) is 15.9 Å². The monoisotopic (exact) mass is 404 g/mol. The minimum atomic E-state index is -0.474. The molecule has 0 amide bonds. The van der Waals surface area contributed by atoms with Gasteiger partial charge in [-0.2, -0.15) is 0 Å². The standard InChI is InChI=1S/C19H14BrClO3/c1-12-10-14(7-8-16(12)21)23-11-18(22)24-17-9-6-13-4-2-3-5-15(13)19(17)20/h2-10H,11H2,1H3. The normalized spacial score (nSPS) is 10.6. The van der Waals surface area contributed by atoms with Crippen molar-refractivity contribution >= 4 is 44.3 Å². The average Bonchev–Trinajstić information content (AvgIpc) is 2.59. The number of fused-ring (bicyclic) bond motifs is 1. The van der Waals surface area contributed by atoms with Crippen LogP contribution in [-0.4, -0.2) is 12.6 Å². The highest BCUT2D eigenvalue weighted by Gasteiger charge is 2.11. The topological polar surface area (TPSA) is 35.5 Å². The van der Waals surface area contributed by atoms with Crippen molar-refractivity contribution in [2.45, 2.75) is 6.92 Å². The summed E-state index contributed by atoms with van der Waals surface area (Å²) >= 11 is 9.45. The number of carbonyl (C=O) groups excluding carboxylic acids is 1. The maximum atomic E-state index is 12.0. The Morgan fingerprint density at radius 2 is 1.92 bits per heavy atom. The van der Waals surface area contributed by atoms with Crippen molar-refractivity contribution in [3.05, 3.63) is 69.7 Å². The summed E-state index contributed by atoms with van der Waals surface area (Å²) in [4.78, 5) is 12.0. The molecule has 3 nitrogen and oxygen atoms in total. The van der Waals surface area contributed by atoms with E-state index in [4.69, 9.17) is 21.1 Å². The van der Waals surface area contributed by atoms with Crippen molar-refractivity contribution in [3.63, 3.8) is 0 Å². The molecular formula is C19H14BrClO3. The Balaban J connectivity index is 1.68. The van der Waals surface area contributed by atoms with Gasteiger partial charge in [0.25, 0.3) is 0 Å². The third-order valence-electron chi connectivity index (χ3n) is 3.54. The van der Waals surface area contributed by atoms with Crippen LogP contribution in [0.15, 0.2) is 59.1 Å². The molecule has 0 saturated heterocycles. The van der Waals surface area contributed by atoms with Crippen LogP contribution in [0.5, 0.6) is 11.5 Å². The highest BCUT2D eigenvalue weighted by molar-refractivity contribution is 9.10. The predicted molar refractivity (Wildman–Crippen MR) is 99.0 cm³/mol. The third kappa shape index (κ3) is 3.71. The van der Waals surface area contributed by atoms with Crippen molar-refractivity contribution in [1.82, 2.24) is 0 Å². The first-order chi connectivity index (χ1) is 11.5. The van der Waals surface area contributed by atoms with Gasteiger partial charge in [-0.3, -0.25) is 0 Å². The summed E-state index contributed by atoms with van der Waals surface area (Å²) in [6.07, 6.45) is 0. The van der Waals surface area contributed by atoms with E-state index in [0.29, 0.717) is 16.5 Å². The van der Waals surface area contributed by atoms with E-state index in [1.165, 1.54) is 0 Å². The first kappa shape index (κ1) is 16.8. The Hall–Kier alpha value is -2.04. The van der Waals surface area contributed by atoms with Gasteiger partial charge in [-0.05, 0) is 63.5 Å². The second-order valence-corrected chi connectivity index (χ2v) is 6.47. The van der Waals surface area contributed by atoms with E-state index in [1.807, 2.05) is 37.3 Å². The third-order valence-corrected chi connectivity index (χ3v) is 4.78. The molecule has 0 saturated carbocycles. The minimum Gasteiger partial charge on any atom is -0.482 e. The highest BCUT2D eigenvalue weighted by Crippen LogP contribution is 2.33. The second kappa shape index (κ2) is 7.24. The second-order valence-electron chi connectivity index (χ2n) is 5.27. The molecule has 0 atom stereocenters. The quantitative estimate of drug-likeness (QED) is 0.422. The molecule has 3 aromatic carbocycles. The zero-order chi connectivity index (χ0) is 17.1. The summed E-state index contributed by atoms with van der Waals surface area (Å²) in [6, 6.07) is 16.8. The predicted octanol–water partition coefficient (Wildman–Crippen LogP) is 5.55. The summed E-state index contributed by atoms with van der Waals surface area (Å²) in [5.41, 5.74) is 0.889. The van der Waals surface area contributed by atoms with Crippen molar-refractivity contribution in [2.75, 3.05) is 6.61 Å². The molecule has 0 aliphatic rings. The lowest BCUT2D eigenvalue weighted by molar-refractivity contribution is -0.136. The lowest BCUT2D eigenvalue weighted by atomic mass is 10.1. The van der Waals surface area contributed by atoms with Crippen molar-refractivity contribution in [3.8, 4) is 11.5 Å². The molecule has 3 aromatic rings. The molecule has 0 spiro atoms. The SMILES string of the molecule is Cc1cc(OCC(=O)Oc2ccc3ccccc3c2Br)ccc1Cl. The Bertz CT molecular complexity index is 908. The molecule has 3 rings (SSSR count). The van der Waals surface area contributed by atoms with E-state index < -0.39 is 5.97 Å². The molecule has 0 fully saturated rings. The van der Waals surface area contributed by atoms with E-state index in [-0.39, 0.29) is 6.61 Å². The fraction of sp³-hybridized carbons (Fsp3) is 0.105. The minimum absolute atomic E-state index is 0.180. The number of hydrogen-bond acceptors (Lipinski definition) is 3. The van der Waals surface area contributed by atoms with Gasteiger partial charge < -0.3 is 9.47 Å². The summed E-state index contributed by atoms with van der Waals surface area (Å²) in [6.45, 7) is 1.69. The van der Waals surface area contributed by atoms with Crippen LogP contribution in [-0.2, 0) is 4.79 Å². The molecular weight excluding hydrogens is 392 g/mol. The molecule has 0 heterocycles. The first-order valence-corrected chi connectivity index (χ1v) is 8.48. The number of aryl methyl sites for hydroxylation is 1. The van der Waals surface area contributed by atoms with Gasteiger partial charge in [-0.15, -0.1) is 0 Å². The van der Waals surface area contributed by atoms with Crippen LogP contribution >= 0.6 is 27.5 Å². The Labute approximate surface area is 153 Å². The summed E-state index contributed by atoms with van der Waals surface area (Å²) in [5, 5.41) is 2.71. The van der Waals surface area contributed by atoms with E-state index in [9.17, 15) is 4.79 Å². The lowest BCUT2D eigenvalue weighted by Crippen LogP contribution is -2.18. The van der Waals surface area contributed by atoms with Gasteiger partial charge in [0, 0.05) is 5.02 Å². The number of rotatable bonds is 4. The van der Waals surface area contributed by atoms with Gasteiger partial charge in [-0.1, -0.05) is 41.9 Å². The molecule has 0 bridgehead atoms. The van der Waals surface area contributed by atoms with Gasteiger partial charge in [0.1, 0.15) is 11.5 Å². The average molecular weight is 406 g/mol. The molecule has 0 aliphatic carbocycles. The summed E-state index contributed by atoms with van der Waals surface area (Å²) in [7, 11) is 0. The van der Waals surface area contributed by atoms with Gasteiger partial charge in [0.15, 0.2) is 6.61 Å². The van der Waals surface area contributed by atoms with E-state index >= 15 is 0 Å². The van der Waals surface area contributed by atoms with Crippen LogP contribution < -0.4 is 9.47 Å². The number of benzene rings is 3. The van der Waals surface area contributed by atoms with E-state index in [1.54, 1.807) is 24.3 Å². The lowest BCUT2D eigenvalue weighted by Gasteiger charge is -2.10. The maximum absolute atomic E-state index is 12.0. The zero-order valence-electron chi connectivity index (χ0n) is 12.9. The smallest absolute Gasteiger partial charge is 0.349 e. The van der Waals surface area contributed by atoms with Crippen LogP contribution in [0.3, 0.4) is 0 Å². The van der Waals surface area contributed by atoms with Gasteiger partial charge in [0.05, 0.1) is 4.47 Å². The number of halogens is 2. The van der Waals surface area contributed by atoms with Gasteiger partial charge in [0.2, 0.25) is 0 Å². The van der Waals surface area contributed by atoms with Gasteiger partial charge >= 0.3 is 5.97 Å². The Morgan fingerprint density at radius 1 is 1.12 bits per heavy atom. The summed E-state index contributed by atoms with van der Waals surface area (Å²) in [5.74, 6) is 0.569. The molecule has 0 radical (unpaired) electrons. The first-order valence-electron chi connectivity index (χ1n) is 7.31. The molecule has 24 heavy (non-hydrogen) atoms. The number of carbonyl (C=O) groups is 1. The van der Waals surface area contributed by atoms with Crippen LogP contribution in [0.1, 0.15) is 5.56 Å². The van der Waals surface area contributed by atoms with Crippen molar-refractivity contribution in [1.29, 1.82) is 0 Å². The van der Waals surface area contributed by atoms with Crippen LogP contribution in [0, 0.1) is 6.92 Å². The maximum Gasteiger partial charge on any atom is 0.349 e. The van der Waals surface area contributed by atoms with Crippen LogP contribution in [0.25, 0.3) is 10.8 Å². The number of esters is 1. The fourth-order valence-electron chi connectivity index (χ4n) is 2.29. The number of hydrogen-bond donors (Lipinski definition) is 0. The Morgan fingerprint density at radius 3 is 2.71 bits per heavy atom. The molecule has 5 heteroatoms. The van der Waals surface area contributed by atoms with Crippen LogP contribution in [0.4, 0.5) is 0 Å². The Kier molecular flexibility index (Phi) is 5.07. The molecule has 0 unspecified atom stereocenters. The highest BCUT2D eigenvalue weighted by atomic mass is 79.9. The van der Waals surface area contributed by atoms with E-state index in [0.717, 1.165) is 20.8 Å². The number of ether oxygens (including phenoxy) is 2.